The number of aromatic nitrogens is 3. The number of hydrogen-bond acceptors (Lipinski definition) is 7. The van der Waals surface area contributed by atoms with Crippen LogP contribution in [0.3, 0.4) is 0 Å². The summed E-state index contributed by atoms with van der Waals surface area (Å²) in [6.45, 7) is 0.432. The predicted octanol–water partition coefficient (Wildman–Crippen LogP) is 2.73. The first-order chi connectivity index (χ1) is 22.7. The van der Waals surface area contributed by atoms with E-state index in [9.17, 15) is 24.0 Å². The summed E-state index contributed by atoms with van der Waals surface area (Å²) in [5, 5.41) is 22.0. The van der Waals surface area contributed by atoms with E-state index in [-0.39, 0.29) is 24.3 Å². The van der Waals surface area contributed by atoms with Gasteiger partial charge < -0.3 is 26.7 Å². The number of amides is 3. The number of primary amides is 2. The first-order valence-corrected chi connectivity index (χ1v) is 15.7. The van der Waals surface area contributed by atoms with Crippen LogP contribution in [0.1, 0.15) is 68.1 Å². The molecule has 2 aliphatic carbocycles. The number of rotatable bonds is 9. The number of H-pyrrole nitrogens is 1. The second kappa shape index (κ2) is 11.7. The number of nitrogens with zero attached hydrogens (tertiary/aromatic N) is 4. The van der Waals surface area contributed by atoms with Crippen molar-refractivity contribution in [2.45, 2.75) is 49.6 Å². The van der Waals surface area contributed by atoms with E-state index in [1.165, 1.54) is 12.1 Å². The number of nitrogens with one attached hydrogen (secondary N) is 2. The molecule has 0 radical (unpaired) electrons. The van der Waals surface area contributed by atoms with Crippen LogP contribution in [0.2, 0.25) is 0 Å². The molecule has 1 aliphatic heterocycles. The van der Waals surface area contributed by atoms with Crippen molar-refractivity contribution in [3.8, 4) is 17.5 Å². The van der Waals surface area contributed by atoms with Gasteiger partial charge in [-0.1, -0.05) is 12.1 Å². The van der Waals surface area contributed by atoms with Gasteiger partial charge in [0.15, 0.2) is 5.82 Å². The summed E-state index contributed by atoms with van der Waals surface area (Å²) in [7, 11) is 0. The summed E-state index contributed by atoms with van der Waals surface area (Å²) < 4.78 is 13.7. The van der Waals surface area contributed by atoms with E-state index in [0.717, 1.165) is 35.1 Å². The summed E-state index contributed by atoms with van der Waals surface area (Å²) in [6, 6.07) is 18.7. The molecule has 3 amide bonds. The Morgan fingerprint density at radius 3 is 2.19 bits per heavy atom. The van der Waals surface area contributed by atoms with Crippen LogP contribution in [-0.4, -0.2) is 63.0 Å². The quantitative estimate of drug-likeness (QED) is 0.205. The molecule has 47 heavy (non-hydrogen) atoms. The Morgan fingerprint density at radius 2 is 1.60 bits per heavy atom. The molecule has 7 rings (SSSR count). The zero-order valence-corrected chi connectivity index (χ0v) is 25.5. The third-order valence-corrected chi connectivity index (χ3v) is 9.87. The van der Waals surface area contributed by atoms with Gasteiger partial charge in [-0.3, -0.25) is 14.4 Å². The van der Waals surface area contributed by atoms with Gasteiger partial charge in [0.05, 0.1) is 18.0 Å². The van der Waals surface area contributed by atoms with Gasteiger partial charge in [0.2, 0.25) is 17.7 Å². The molecule has 238 valence electrons. The number of likely N-dealkylation sites (tertiary alicyclic amines) is 1. The van der Waals surface area contributed by atoms with Crippen LogP contribution in [0.15, 0.2) is 60.7 Å². The minimum Gasteiger partial charge on any atom is -0.366 e. The van der Waals surface area contributed by atoms with Crippen molar-refractivity contribution in [2.24, 2.45) is 17.4 Å². The Kier molecular flexibility index (Phi) is 7.56. The minimum atomic E-state index is -0.987. The number of benzene rings is 3. The fourth-order valence-corrected chi connectivity index (χ4v) is 7.48. The van der Waals surface area contributed by atoms with Crippen LogP contribution in [0.5, 0.6) is 0 Å². The number of fused-ring (bicyclic) bond motifs is 3. The van der Waals surface area contributed by atoms with E-state index in [2.05, 4.69) is 26.6 Å². The van der Waals surface area contributed by atoms with E-state index in [1.54, 1.807) is 41.3 Å². The van der Waals surface area contributed by atoms with Crippen molar-refractivity contribution in [2.75, 3.05) is 13.1 Å². The van der Waals surface area contributed by atoms with Gasteiger partial charge in [-0.05, 0) is 115 Å². The smallest absolute Gasteiger partial charge is 0.248 e. The molecule has 12 heteroatoms. The number of hydrogen-bond donors (Lipinski definition) is 4. The van der Waals surface area contributed by atoms with Crippen LogP contribution >= 0.6 is 0 Å². The highest BCUT2D eigenvalue weighted by Gasteiger charge is 2.54. The van der Waals surface area contributed by atoms with Gasteiger partial charge in [-0.15, -0.1) is 10.2 Å². The molecule has 0 spiro atoms. The molecule has 0 bridgehead atoms. The lowest BCUT2D eigenvalue weighted by Crippen LogP contribution is -2.44. The Labute approximate surface area is 270 Å². The summed E-state index contributed by atoms with van der Waals surface area (Å²) in [4.78, 5) is 42.8. The summed E-state index contributed by atoms with van der Waals surface area (Å²) >= 11 is 0. The lowest BCUT2D eigenvalue weighted by molar-refractivity contribution is -0.131. The van der Waals surface area contributed by atoms with Crippen LogP contribution in [-0.2, 0) is 23.1 Å². The molecule has 3 aliphatic rings. The topological polar surface area (TPSA) is 184 Å². The minimum absolute atomic E-state index is 0.0651. The number of halogens is 1. The van der Waals surface area contributed by atoms with Gasteiger partial charge in [-0.25, -0.2) is 4.39 Å². The maximum Gasteiger partial charge on any atom is 0.248 e. The van der Waals surface area contributed by atoms with Crippen molar-refractivity contribution >= 4 is 17.7 Å². The van der Waals surface area contributed by atoms with Gasteiger partial charge in [0.1, 0.15) is 17.7 Å². The molecule has 1 saturated heterocycles. The predicted molar refractivity (Wildman–Crippen MR) is 169 cm³/mol. The van der Waals surface area contributed by atoms with Crippen molar-refractivity contribution in [1.29, 1.82) is 5.26 Å². The Hall–Kier alpha value is -5.41. The maximum absolute atomic E-state index is 13.7. The molecule has 1 aromatic heterocycles. The number of nitriles is 1. The van der Waals surface area contributed by atoms with E-state index < -0.39 is 23.3 Å². The fourth-order valence-electron chi connectivity index (χ4n) is 7.48. The molecule has 4 aromatic rings. The van der Waals surface area contributed by atoms with E-state index in [1.807, 2.05) is 12.1 Å². The van der Waals surface area contributed by atoms with E-state index in [0.29, 0.717) is 60.1 Å². The lowest BCUT2D eigenvalue weighted by atomic mass is 9.69. The summed E-state index contributed by atoms with van der Waals surface area (Å²) in [5.74, 6) is -0.225. The molecule has 1 saturated carbocycles. The van der Waals surface area contributed by atoms with Crippen LogP contribution < -0.4 is 16.8 Å². The second-order valence-electron chi connectivity index (χ2n) is 12.6. The van der Waals surface area contributed by atoms with E-state index >= 15 is 0 Å². The summed E-state index contributed by atoms with van der Waals surface area (Å²) in [5.41, 5.74) is 15.2. The van der Waals surface area contributed by atoms with Crippen LogP contribution in [0.4, 0.5) is 4.39 Å². The molecular weight excluding hydrogens is 599 g/mol. The van der Waals surface area contributed by atoms with Gasteiger partial charge in [0.25, 0.3) is 0 Å². The summed E-state index contributed by atoms with van der Waals surface area (Å²) in [6.07, 6.45) is 3.17. The average Bonchev–Trinajstić information content (AvgIpc) is 3.50. The van der Waals surface area contributed by atoms with E-state index in [4.69, 9.17) is 11.5 Å². The normalized spacial score (nSPS) is 20.3. The number of carbonyl (C=O) groups excluding carboxylic acids is 3. The van der Waals surface area contributed by atoms with Gasteiger partial charge >= 0.3 is 0 Å². The Balaban J connectivity index is 1.32. The van der Waals surface area contributed by atoms with Crippen LogP contribution in [0.25, 0.3) is 11.4 Å². The largest absolute Gasteiger partial charge is 0.366 e. The van der Waals surface area contributed by atoms with Crippen LogP contribution in [0, 0.1) is 23.1 Å². The van der Waals surface area contributed by atoms with Crippen molar-refractivity contribution in [3.05, 3.63) is 106 Å². The zero-order chi connectivity index (χ0) is 32.9. The molecule has 6 N–H and O–H groups in total. The first-order valence-electron chi connectivity index (χ1n) is 15.7. The highest BCUT2D eigenvalue weighted by atomic mass is 19.1. The molecule has 11 nitrogen and oxygen atoms in total. The number of nitrogens with two attached hydrogens (primary N) is 2. The monoisotopic (exact) mass is 632 g/mol. The standard InChI is InChI=1S/C35H33FN8O3/c36-25-7-3-19(4-8-25)33-41-34(43-42-33)35(11-12-40-18-30(45)44-26(17-37)15-24-16-29(24)44)27-9-5-22(31(38)46)13-20(27)1-2-21-14-23(32(39)47)6-10-28(21)35/h3-10,13-14,24,26,29,40H,1-2,11-12,15-16,18H2,(H2,38,46)(H2,39,47)(H,41,42,43)/t24-,26+,29+/m1/s1. The highest BCUT2D eigenvalue weighted by molar-refractivity contribution is 5.94. The van der Waals surface area contributed by atoms with Crippen molar-refractivity contribution in [1.82, 2.24) is 25.4 Å². The number of aryl methyl sites for hydroxylation is 2. The zero-order valence-electron chi connectivity index (χ0n) is 25.5. The number of aromatic amines is 1. The molecular formula is C35H33FN8O3. The molecule has 3 aromatic carbocycles. The maximum atomic E-state index is 13.7. The SMILES string of the molecule is N#C[C@@H]1C[C@@H]2C[C@@H]2N1C(=O)CNCCC1(c2nnc(-c3ccc(F)cc3)[nH]2)c2ccc(C(N)=O)cc2CCc2cc(C(N)=O)ccc21. The number of piperidine rings is 1. The molecule has 3 atom stereocenters. The van der Waals surface area contributed by atoms with Gasteiger partial charge in [0, 0.05) is 22.7 Å². The van der Waals surface area contributed by atoms with Crippen molar-refractivity contribution in [3.63, 3.8) is 0 Å². The fraction of sp³-hybridized carbons (Fsp3) is 0.314. The Morgan fingerprint density at radius 1 is 0.957 bits per heavy atom. The molecule has 0 unspecified atom stereocenters. The third kappa shape index (κ3) is 5.32. The lowest BCUT2D eigenvalue weighted by Gasteiger charge is -2.35. The Bertz CT molecular complexity index is 1880. The molecule has 2 heterocycles. The average molecular weight is 633 g/mol. The number of carbonyl (C=O) groups is 3. The molecule has 2 fully saturated rings. The van der Waals surface area contributed by atoms with Gasteiger partial charge in [-0.2, -0.15) is 5.26 Å². The third-order valence-electron chi connectivity index (χ3n) is 9.87. The van der Waals surface area contributed by atoms with Crippen molar-refractivity contribution < 1.29 is 18.8 Å². The highest BCUT2D eigenvalue weighted by Crippen LogP contribution is 2.48. The first kappa shape index (κ1) is 30.3. The second-order valence-corrected chi connectivity index (χ2v) is 12.6.